The first-order valence-electron chi connectivity index (χ1n) is 8.80. The number of rotatable bonds is 4. The van der Waals surface area contributed by atoms with Crippen molar-refractivity contribution < 1.29 is 14.3 Å². The van der Waals surface area contributed by atoms with Crippen molar-refractivity contribution in [3.05, 3.63) is 46.4 Å². The lowest BCUT2D eigenvalue weighted by atomic mass is 9.75. The fraction of sp³-hybridized carbons (Fsp3) is 0.400. The summed E-state index contributed by atoms with van der Waals surface area (Å²) in [5, 5.41) is 13.5. The Labute approximate surface area is 159 Å². The normalized spacial score (nSPS) is 19.9. The maximum atomic E-state index is 13.0. The van der Waals surface area contributed by atoms with Gasteiger partial charge in [0.05, 0.1) is 31.8 Å². The van der Waals surface area contributed by atoms with Gasteiger partial charge in [0.2, 0.25) is 0 Å². The lowest BCUT2D eigenvalue weighted by Crippen LogP contribution is -2.45. The largest absolute Gasteiger partial charge is 0.493 e. The van der Waals surface area contributed by atoms with Gasteiger partial charge in [-0.3, -0.25) is 9.80 Å². The van der Waals surface area contributed by atoms with Crippen LogP contribution in [0.3, 0.4) is 0 Å². The van der Waals surface area contributed by atoms with Crippen molar-refractivity contribution in [2.45, 2.75) is 25.2 Å². The predicted octanol–water partition coefficient (Wildman–Crippen LogP) is 2.28. The lowest BCUT2D eigenvalue weighted by molar-refractivity contribution is -0.116. The van der Waals surface area contributed by atoms with E-state index in [-0.39, 0.29) is 5.78 Å². The molecule has 27 heavy (non-hydrogen) atoms. The molecule has 1 aromatic carbocycles. The number of Topliss-reactive ketones (excluding diaryl/α,β-unsaturated/α-hetero) is 1. The molecule has 3 rings (SSSR count). The Morgan fingerprint density at radius 2 is 2.00 bits per heavy atom. The zero-order valence-electron chi connectivity index (χ0n) is 16.1. The fourth-order valence-electron chi connectivity index (χ4n) is 3.98. The summed E-state index contributed by atoms with van der Waals surface area (Å²) in [6.07, 6.45) is 1.95. The van der Waals surface area contributed by atoms with Crippen LogP contribution in [0.15, 0.2) is 40.9 Å². The number of benzene rings is 1. The van der Waals surface area contributed by atoms with Gasteiger partial charge in [0.1, 0.15) is 5.82 Å². The number of ether oxygens (including phenoxy) is 2. The van der Waals surface area contributed by atoms with E-state index in [9.17, 15) is 10.1 Å². The smallest absolute Gasteiger partial charge is 0.164 e. The van der Waals surface area contributed by atoms with E-state index in [1.165, 1.54) is 0 Å². The highest BCUT2D eigenvalue weighted by Crippen LogP contribution is 2.48. The number of allylic oxidation sites excluding steroid dienone is 3. The number of para-hydroxylation sites is 1. The molecule has 1 atom stereocenters. The van der Waals surface area contributed by atoms with E-state index in [4.69, 9.17) is 15.2 Å². The first-order valence-corrected chi connectivity index (χ1v) is 8.80. The number of ketones is 1. The maximum Gasteiger partial charge on any atom is 0.164 e. The van der Waals surface area contributed by atoms with Gasteiger partial charge in [0.25, 0.3) is 0 Å². The van der Waals surface area contributed by atoms with Crippen LogP contribution >= 0.6 is 0 Å². The number of carbonyl (C=O) groups excluding carboxylic acids is 1. The van der Waals surface area contributed by atoms with Crippen molar-refractivity contribution in [2.24, 2.45) is 5.73 Å². The minimum Gasteiger partial charge on any atom is -0.493 e. The second kappa shape index (κ2) is 7.33. The van der Waals surface area contributed by atoms with Crippen LogP contribution in [0.25, 0.3) is 0 Å². The number of hydrogen-bond donors (Lipinski definition) is 1. The molecule has 1 aromatic rings. The quantitative estimate of drug-likeness (QED) is 0.871. The number of hydrazine groups is 1. The van der Waals surface area contributed by atoms with Crippen LogP contribution in [-0.2, 0) is 4.79 Å². The Balaban J connectivity index is 2.32. The topological polar surface area (TPSA) is 91.8 Å². The van der Waals surface area contributed by atoms with Gasteiger partial charge in [0.15, 0.2) is 17.3 Å². The zero-order valence-corrected chi connectivity index (χ0v) is 16.1. The number of nitriles is 1. The minimum atomic E-state index is -0.570. The van der Waals surface area contributed by atoms with E-state index in [1.54, 1.807) is 30.3 Å². The SMILES string of the molecule is COc1cccc([C@@H]2C(C#N)=C(N)N(N(C)C)C3=C2C(=O)CCC3)c1OC. The molecular weight excluding hydrogens is 344 g/mol. The Morgan fingerprint density at radius 1 is 1.26 bits per heavy atom. The molecule has 0 amide bonds. The highest BCUT2D eigenvalue weighted by Gasteiger charge is 2.41. The molecule has 0 bridgehead atoms. The second-order valence-electron chi connectivity index (χ2n) is 6.72. The molecule has 0 spiro atoms. The van der Waals surface area contributed by atoms with Crippen LogP contribution in [0.4, 0.5) is 0 Å². The Morgan fingerprint density at radius 3 is 2.59 bits per heavy atom. The Bertz CT molecular complexity index is 880. The molecule has 0 aromatic heterocycles. The third-order valence-electron chi connectivity index (χ3n) is 5.03. The van der Waals surface area contributed by atoms with E-state index in [0.29, 0.717) is 40.5 Å². The summed E-state index contributed by atoms with van der Waals surface area (Å²) in [5.41, 5.74) is 8.91. The molecule has 0 saturated heterocycles. The number of nitrogens with zero attached hydrogens (tertiary/aromatic N) is 3. The minimum absolute atomic E-state index is 0.0400. The Hall–Kier alpha value is -2.98. The molecule has 0 fully saturated rings. The van der Waals surface area contributed by atoms with Crippen molar-refractivity contribution in [1.82, 2.24) is 10.0 Å². The van der Waals surface area contributed by atoms with Gasteiger partial charge >= 0.3 is 0 Å². The summed E-state index contributed by atoms with van der Waals surface area (Å²) in [5.74, 6) is 0.864. The van der Waals surface area contributed by atoms with Crippen LogP contribution in [-0.4, -0.2) is 44.1 Å². The van der Waals surface area contributed by atoms with E-state index in [1.807, 2.05) is 26.2 Å². The van der Waals surface area contributed by atoms with Crippen molar-refractivity contribution in [3.63, 3.8) is 0 Å². The first-order chi connectivity index (χ1) is 13.0. The molecule has 2 aliphatic rings. The summed E-state index contributed by atoms with van der Waals surface area (Å²) >= 11 is 0. The molecule has 0 unspecified atom stereocenters. The molecule has 1 aliphatic carbocycles. The van der Waals surface area contributed by atoms with E-state index >= 15 is 0 Å². The van der Waals surface area contributed by atoms with E-state index in [0.717, 1.165) is 18.5 Å². The number of carbonyl (C=O) groups is 1. The Kier molecular flexibility index (Phi) is 5.10. The number of hydrogen-bond acceptors (Lipinski definition) is 7. The van der Waals surface area contributed by atoms with Crippen LogP contribution in [0, 0.1) is 11.3 Å². The molecule has 0 radical (unpaired) electrons. The predicted molar refractivity (Wildman–Crippen MR) is 101 cm³/mol. The lowest BCUT2D eigenvalue weighted by Gasteiger charge is -2.42. The van der Waals surface area contributed by atoms with Gasteiger partial charge in [0, 0.05) is 37.3 Å². The third kappa shape index (κ3) is 2.92. The van der Waals surface area contributed by atoms with E-state index < -0.39 is 5.92 Å². The van der Waals surface area contributed by atoms with Crippen molar-refractivity contribution in [3.8, 4) is 17.6 Å². The summed E-state index contributed by atoms with van der Waals surface area (Å²) in [6, 6.07) is 7.70. The van der Waals surface area contributed by atoms with Crippen LogP contribution in [0.1, 0.15) is 30.7 Å². The molecule has 0 saturated carbocycles. The number of methoxy groups -OCH3 is 2. The molecule has 142 valence electrons. The van der Waals surface area contributed by atoms with Gasteiger partial charge in [-0.25, -0.2) is 5.01 Å². The summed E-state index contributed by atoms with van der Waals surface area (Å²) < 4.78 is 11.0. The molecular formula is C20H24N4O3. The standard InChI is InChI=1S/C20H24N4O3/c1-23(2)24-14-8-6-9-15(25)18(14)17(13(11-21)20(24)22)12-7-5-10-16(26-3)19(12)27-4/h5,7,10,17H,6,8-9,22H2,1-4H3/t17-/m1/s1. The van der Waals surface area contributed by atoms with E-state index in [2.05, 4.69) is 6.07 Å². The van der Waals surface area contributed by atoms with Gasteiger partial charge in [-0.05, 0) is 18.9 Å². The summed E-state index contributed by atoms with van der Waals surface area (Å²) in [4.78, 5) is 13.0. The molecule has 1 aliphatic heterocycles. The monoisotopic (exact) mass is 368 g/mol. The molecule has 2 N–H and O–H groups in total. The fourth-order valence-corrected chi connectivity index (χ4v) is 3.98. The average Bonchev–Trinajstić information content (AvgIpc) is 2.66. The van der Waals surface area contributed by atoms with Gasteiger partial charge in [-0.2, -0.15) is 5.26 Å². The van der Waals surface area contributed by atoms with Crippen molar-refractivity contribution >= 4 is 5.78 Å². The zero-order chi connectivity index (χ0) is 19.7. The van der Waals surface area contributed by atoms with Gasteiger partial charge < -0.3 is 15.2 Å². The number of nitrogens with two attached hydrogens (primary N) is 1. The molecule has 7 nitrogen and oxygen atoms in total. The van der Waals surface area contributed by atoms with Gasteiger partial charge in [-0.1, -0.05) is 12.1 Å². The third-order valence-corrected chi connectivity index (χ3v) is 5.03. The first kappa shape index (κ1) is 18.8. The van der Waals surface area contributed by atoms with Crippen molar-refractivity contribution in [1.29, 1.82) is 5.26 Å². The summed E-state index contributed by atoms with van der Waals surface area (Å²) in [7, 11) is 6.80. The second-order valence-corrected chi connectivity index (χ2v) is 6.72. The molecule has 1 heterocycles. The van der Waals surface area contributed by atoms with Gasteiger partial charge in [-0.15, -0.1) is 0 Å². The highest BCUT2D eigenvalue weighted by atomic mass is 16.5. The molecule has 7 heteroatoms. The van der Waals surface area contributed by atoms with Crippen LogP contribution in [0.2, 0.25) is 0 Å². The summed E-state index contributed by atoms with van der Waals surface area (Å²) in [6.45, 7) is 0. The van der Waals surface area contributed by atoms with Crippen LogP contribution in [0.5, 0.6) is 11.5 Å². The van der Waals surface area contributed by atoms with Crippen molar-refractivity contribution in [2.75, 3.05) is 28.3 Å². The van der Waals surface area contributed by atoms with Crippen LogP contribution < -0.4 is 15.2 Å². The maximum absolute atomic E-state index is 13.0. The average molecular weight is 368 g/mol. The highest BCUT2D eigenvalue weighted by molar-refractivity contribution is 6.00.